The Morgan fingerprint density at radius 1 is 1.31 bits per heavy atom. The molecule has 13 heavy (non-hydrogen) atoms. The van der Waals surface area contributed by atoms with Crippen LogP contribution in [0.25, 0.3) is 0 Å². The Morgan fingerprint density at radius 3 is 2.15 bits per heavy atom. The minimum absolute atomic E-state index is 0.246. The van der Waals surface area contributed by atoms with Gasteiger partial charge in [0.15, 0.2) is 0 Å². The van der Waals surface area contributed by atoms with Gasteiger partial charge in [0, 0.05) is 6.92 Å². The van der Waals surface area contributed by atoms with Gasteiger partial charge in [-0.2, -0.15) is 0 Å². The van der Waals surface area contributed by atoms with Crippen molar-refractivity contribution in [1.82, 2.24) is 0 Å². The molecule has 0 bridgehead atoms. The molecule has 0 saturated carbocycles. The van der Waals surface area contributed by atoms with Crippen LogP contribution in [0.3, 0.4) is 0 Å². The summed E-state index contributed by atoms with van der Waals surface area (Å²) in [6.45, 7) is 4.86. The molecule has 1 rings (SSSR count). The molecule has 0 aliphatic carbocycles. The molecule has 70 valence electrons. The van der Waals surface area contributed by atoms with Crippen LogP contribution in [0.2, 0.25) is 0 Å². The maximum atomic E-state index is 10.6. The minimum atomic E-state index is -0.357. The van der Waals surface area contributed by atoms with E-state index in [1.807, 2.05) is 0 Å². The molecule has 0 unspecified atom stereocenters. The summed E-state index contributed by atoms with van der Waals surface area (Å²) in [5.41, 5.74) is 1.41. The first-order chi connectivity index (χ1) is 6.00. The standard InChI is InChI=1S/C10H12O3/c1-6-4-9(13-8(3)11)5-7(2)10(6)12/h4-5,12H,1-3H3. The van der Waals surface area contributed by atoms with Crippen molar-refractivity contribution in [1.29, 1.82) is 0 Å². The molecule has 3 nitrogen and oxygen atoms in total. The van der Waals surface area contributed by atoms with Gasteiger partial charge >= 0.3 is 5.97 Å². The van der Waals surface area contributed by atoms with Crippen molar-refractivity contribution in [2.45, 2.75) is 20.8 Å². The normalized spacial score (nSPS) is 9.77. The zero-order chi connectivity index (χ0) is 10.0. The lowest BCUT2D eigenvalue weighted by Crippen LogP contribution is -2.01. The first-order valence-corrected chi connectivity index (χ1v) is 3.99. The van der Waals surface area contributed by atoms with Crippen molar-refractivity contribution in [2.24, 2.45) is 0 Å². The molecule has 0 amide bonds. The van der Waals surface area contributed by atoms with E-state index in [-0.39, 0.29) is 11.7 Å². The summed E-state index contributed by atoms with van der Waals surface area (Å²) >= 11 is 0. The van der Waals surface area contributed by atoms with Crippen LogP contribution < -0.4 is 4.74 Å². The second-order valence-electron chi connectivity index (χ2n) is 3.00. The van der Waals surface area contributed by atoms with Crippen LogP contribution in [0.4, 0.5) is 0 Å². The van der Waals surface area contributed by atoms with Crippen molar-refractivity contribution >= 4 is 5.97 Å². The van der Waals surface area contributed by atoms with Gasteiger partial charge < -0.3 is 9.84 Å². The second-order valence-corrected chi connectivity index (χ2v) is 3.00. The molecule has 0 radical (unpaired) electrons. The Morgan fingerprint density at radius 2 is 1.77 bits per heavy atom. The SMILES string of the molecule is CC(=O)Oc1cc(C)c(O)c(C)c1. The lowest BCUT2D eigenvalue weighted by atomic mass is 10.1. The largest absolute Gasteiger partial charge is 0.507 e. The van der Waals surface area contributed by atoms with Crippen molar-refractivity contribution in [3.05, 3.63) is 23.3 Å². The average molecular weight is 180 g/mol. The first-order valence-electron chi connectivity index (χ1n) is 3.99. The van der Waals surface area contributed by atoms with Crippen LogP contribution in [0.1, 0.15) is 18.1 Å². The molecule has 3 heteroatoms. The molecular formula is C10H12O3. The van der Waals surface area contributed by atoms with E-state index < -0.39 is 0 Å². The third kappa shape index (κ3) is 2.21. The maximum Gasteiger partial charge on any atom is 0.308 e. The predicted molar refractivity (Wildman–Crippen MR) is 48.9 cm³/mol. The van der Waals surface area contributed by atoms with Gasteiger partial charge in [0.05, 0.1) is 0 Å². The van der Waals surface area contributed by atoms with Gasteiger partial charge in [-0.1, -0.05) is 0 Å². The quantitative estimate of drug-likeness (QED) is 0.530. The zero-order valence-corrected chi connectivity index (χ0v) is 7.92. The van der Waals surface area contributed by atoms with Gasteiger partial charge in [0.2, 0.25) is 0 Å². The molecule has 0 aliphatic rings. The number of aryl methyl sites for hydroxylation is 2. The topological polar surface area (TPSA) is 46.5 Å². The molecule has 1 N–H and O–H groups in total. The lowest BCUT2D eigenvalue weighted by Gasteiger charge is -2.06. The molecule has 1 aromatic rings. The van der Waals surface area contributed by atoms with Crippen molar-refractivity contribution in [3.8, 4) is 11.5 Å². The van der Waals surface area contributed by atoms with Crippen molar-refractivity contribution in [2.75, 3.05) is 0 Å². The van der Waals surface area contributed by atoms with Gasteiger partial charge in [-0.25, -0.2) is 0 Å². The summed E-state index contributed by atoms with van der Waals surface area (Å²) < 4.78 is 4.88. The van der Waals surface area contributed by atoms with Crippen LogP contribution in [0.15, 0.2) is 12.1 Å². The lowest BCUT2D eigenvalue weighted by molar-refractivity contribution is -0.131. The number of phenolic OH excluding ortho intramolecular Hbond substituents is 1. The summed E-state index contributed by atoms with van der Waals surface area (Å²) in [6.07, 6.45) is 0. The van der Waals surface area contributed by atoms with Gasteiger partial charge in [-0.15, -0.1) is 0 Å². The Kier molecular flexibility index (Phi) is 2.56. The van der Waals surface area contributed by atoms with E-state index in [4.69, 9.17) is 4.74 Å². The fourth-order valence-electron chi connectivity index (χ4n) is 1.14. The number of benzene rings is 1. The highest BCUT2D eigenvalue weighted by Gasteiger charge is 2.05. The van der Waals surface area contributed by atoms with Crippen molar-refractivity contribution < 1.29 is 14.6 Å². The minimum Gasteiger partial charge on any atom is -0.507 e. The highest BCUT2D eigenvalue weighted by Crippen LogP contribution is 2.26. The Labute approximate surface area is 77.0 Å². The van der Waals surface area contributed by atoms with E-state index in [1.54, 1.807) is 26.0 Å². The smallest absolute Gasteiger partial charge is 0.308 e. The van der Waals surface area contributed by atoms with E-state index >= 15 is 0 Å². The summed E-state index contributed by atoms with van der Waals surface area (Å²) in [5, 5.41) is 9.42. The van der Waals surface area contributed by atoms with Crippen LogP contribution >= 0.6 is 0 Å². The Hall–Kier alpha value is -1.51. The number of rotatable bonds is 1. The molecule has 0 spiro atoms. The summed E-state index contributed by atoms with van der Waals surface area (Å²) in [6, 6.07) is 3.26. The van der Waals surface area contributed by atoms with Gasteiger partial charge in [0.1, 0.15) is 11.5 Å². The Bertz CT molecular complexity index is 319. The number of carbonyl (C=O) groups excluding carboxylic acids is 1. The Balaban J connectivity index is 3.06. The number of phenols is 1. The molecule has 0 fully saturated rings. The van der Waals surface area contributed by atoms with E-state index in [1.165, 1.54) is 6.92 Å². The fraction of sp³-hybridized carbons (Fsp3) is 0.300. The monoisotopic (exact) mass is 180 g/mol. The average Bonchev–Trinajstić information content (AvgIpc) is 1.98. The summed E-state index contributed by atoms with van der Waals surface area (Å²) in [5.74, 6) is 0.362. The molecule has 0 atom stereocenters. The second kappa shape index (κ2) is 3.47. The third-order valence-electron chi connectivity index (χ3n) is 1.73. The van der Waals surface area contributed by atoms with Crippen molar-refractivity contribution in [3.63, 3.8) is 0 Å². The predicted octanol–water partition coefficient (Wildman–Crippen LogP) is 1.93. The third-order valence-corrected chi connectivity index (χ3v) is 1.73. The number of hydrogen-bond acceptors (Lipinski definition) is 3. The van der Waals surface area contributed by atoms with E-state index in [2.05, 4.69) is 0 Å². The molecule has 0 aromatic heterocycles. The zero-order valence-electron chi connectivity index (χ0n) is 7.92. The highest BCUT2D eigenvalue weighted by molar-refractivity contribution is 5.69. The molecule has 0 aliphatic heterocycles. The maximum absolute atomic E-state index is 10.6. The molecule has 0 saturated heterocycles. The first kappa shape index (κ1) is 9.58. The number of aromatic hydroxyl groups is 1. The van der Waals surface area contributed by atoms with E-state index in [9.17, 15) is 9.90 Å². The molecular weight excluding hydrogens is 168 g/mol. The molecule has 1 aromatic carbocycles. The molecule has 0 heterocycles. The van der Waals surface area contributed by atoms with Gasteiger partial charge in [-0.3, -0.25) is 4.79 Å². The number of hydrogen-bond donors (Lipinski definition) is 1. The number of esters is 1. The van der Waals surface area contributed by atoms with Gasteiger partial charge in [0.25, 0.3) is 0 Å². The number of carbonyl (C=O) groups is 1. The fourth-order valence-corrected chi connectivity index (χ4v) is 1.14. The van der Waals surface area contributed by atoms with Crippen LogP contribution in [0, 0.1) is 13.8 Å². The van der Waals surface area contributed by atoms with E-state index in [0.717, 1.165) is 0 Å². The van der Waals surface area contributed by atoms with Gasteiger partial charge in [-0.05, 0) is 37.1 Å². The van der Waals surface area contributed by atoms with Crippen LogP contribution in [0.5, 0.6) is 11.5 Å². The van der Waals surface area contributed by atoms with Crippen LogP contribution in [-0.4, -0.2) is 11.1 Å². The summed E-state index contributed by atoms with van der Waals surface area (Å²) in [7, 11) is 0. The summed E-state index contributed by atoms with van der Waals surface area (Å²) in [4.78, 5) is 10.6. The van der Waals surface area contributed by atoms with E-state index in [0.29, 0.717) is 16.9 Å². The number of ether oxygens (including phenoxy) is 1. The highest BCUT2D eigenvalue weighted by atomic mass is 16.5. The van der Waals surface area contributed by atoms with Crippen LogP contribution in [-0.2, 0) is 4.79 Å².